The molecule has 15 heteroatoms. The zero-order chi connectivity index (χ0) is 47.4. The number of aromatic hydroxyl groups is 10. The maximum Gasteiger partial charge on any atom is 0.206 e. The molecule has 0 atom stereocenters. The molecule has 0 aliphatic rings. The molecule has 15 nitrogen and oxygen atoms in total. The van der Waals surface area contributed by atoms with E-state index in [9.17, 15) is 51.1 Å². The number of phenolic OH excluding ortho intramolecular Hbond substituents is 10. The maximum atomic E-state index is 12.0. The van der Waals surface area contributed by atoms with Crippen LogP contribution in [0.2, 0.25) is 0 Å². The predicted octanol–water partition coefficient (Wildman–Crippen LogP) is 10.9. The fourth-order valence-corrected chi connectivity index (χ4v) is 9.03. The van der Waals surface area contributed by atoms with Crippen molar-refractivity contribution in [1.29, 1.82) is 0 Å². The van der Waals surface area contributed by atoms with E-state index in [0.717, 1.165) is 21.1 Å². The van der Waals surface area contributed by atoms with Crippen molar-refractivity contribution in [3.63, 3.8) is 0 Å². The van der Waals surface area contributed by atoms with E-state index in [1.54, 1.807) is 24.3 Å². The molecule has 11 aromatic rings. The first-order valence-electron chi connectivity index (χ1n) is 21.0. The summed E-state index contributed by atoms with van der Waals surface area (Å²) in [6, 6.07) is 37.0. The SMILES string of the molecule is Cc1c(C)c(O)c(-c2c(O)c(O)c3c(c2O)c2c(O)c(O)c(O)c(O)c2n3-c2cccc(-c3ccc4oc5cccc(-c6nc(-c7ccccc7)nc(-c7ccccc7)n6)c5c4c3)c2)c(O)c1O. The number of hydrogen-bond acceptors (Lipinski definition) is 14. The van der Waals surface area contributed by atoms with Gasteiger partial charge in [-0.1, -0.05) is 91.0 Å². The van der Waals surface area contributed by atoms with Gasteiger partial charge in [-0.05, 0) is 60.9 Å². The van der Waals surface area contributed by atoms with Crippen molar-refractivity contribution in [1.82, 2.24) is 19.5 Å². The van der Waals surface area contributed by atoms with Crippen LogP contribution in [0, 0.1) is 13.8 Å². The van der Waals surface area contributed by atoms with Crippen molar-refractivity contribution >= 4 is 43.7 Å². The maximum absolute atomic E-state index is 12.0. The molecular formula is C53H36N4O11. The molecule has 0 bridgehead atoms. The van der Waals surface area contributed by atoms with Gasteiger partial charge in [-0.25, -0.2) is 15.0 Å². The molecule has 10 N–H and O–H groups in total. The second kappa shape index (κ2) is 15.0. The lowest BCUT2D eigenvalue weighted by molar-refractivity contribution is 0.350. The van der Waals surface area contributed by atoms with E-state index in [4.69, 9.17) is 19.4 Å². The Hall–Kier alpha value is -9.63. The zero-order valence-electron chi connectivity index (χ0n) is 35.7. The quantitative estimate of drug-likeness (QED) is 0.0550. The number of rotatable bonds is 6. The Labute approximate surface area is 383 Å². The Balaban J connectivity index is 1.13. The monoisotopic (exact) mass is 904 g/mol. The number of benzene rings is 8. The number of phenols is 10. The van der Waals surface area contributed by atoms with Crippen molar-refractivity contribution in [2.75, 3.05) is 0 Å². The molecule has 0 aliphatic heterocycles. The zero-order valence-corrected chi connectivity index (χ0v) is 35.7. The van der Waals surface area contributed by atoms with Gasteiger partial charge in [0.05, 0.1) is 21.9 Å². The van der Waals surface area contributed by atoms with Gasteiger partial charge < -0.3 is 60.0 Å². The molecule has 334 valence electrons. The molecule has 11 rings (SSSR count). The summed E-state index contributed by atoms with van der Waals surface area (Å²) in [5.74, 6) is -8.25. The van der Waals surface area contributed by atoms with E-state index in [2.05, 4.69) is 0 Å². The third-order valence-electron chi connectivity index (χ3n) is 12.6. The van der Waals surface area contributed by atoms with Gasteiger partial charge in [-0.15, -0.1) is 0 Å². The van der Waals surface area contributed by atoms with E-state index in [0.29, 0.717) is 50.7 Å². The van der Waals surface area contributed by atoms with Crippen LogP contribution in [-0.2, 0) is 0 Å². The van der Waals surface area contributed by atoms with E-state index in [1.165, 1.54) is 13.8 Å². The number of fused-ring (bicyclic) bond motifs is 6. The van der Waals surface area contributed by atoms with E-state index < -0.39 is 90.4 Å². The number of aromatic nitrogens is 4. The Kier molecular flexibility index (Phi) is 9.04. The van der Waals surface area contributed by atoms with Crippen LogP contribution in [-0.4, -0.2) is 70.6 Å². The lowest BCUT2D eigenvalue weighted by Crippen LogP contribution is -2.00. The van der Waals surface area contributed by atoms with Crippen molar-refractivity contribution in [3.05, 3.63) is 132 Å². The summed E-state index contributed by atoms with van der Waals surface area (Å²) in [6.07, 6.45) is 0. The van der Waals surface area contributed by atoms with E-state index >= 15 is 0 Å². The van der Waals surface area contributed by atoms with Crippen LogP contribution < -0.4 is 0 Å². The van der Waals surface area contributed by atoms with Gasteiger partial charge in [0.2, 0.25) is 11.5 Å². The molecule has 3 heterocycles. The average molecular weight is 905 g/mol. The third kappa shape index (κ3) is 5.88. The summed E-state index contributed by atoms with van der Waals surface area (Å²) >= 11 is 0. The number of nitrogens with zero attached hydrogens (tertiary/aromatic N) is 4. The summed E-state index contributed by atoms with van der Waals surface area (Å²) in [6.45, 7) is 2.83. The van der Waals surface area contributed by atoms with E-state index in [-0.39, 0.29) is 16.8 Å². The van der Waals surface area contributed by atoms with Crippen LogP contribution in [0.15, 0.2) is 126 Å². The number of furan rings is 1. The molecule has 0 radical (unpaired) electrons. The topological polar surface area (TPSA) is 259 Å². The highest BCUT2D eigenvalue weighted by atomic mass is 16.3. The van der Waals surface area contributed by atoms with Gasteiger partial charge in [0, 0.05) is 38.7 Å². The highest BCUT2D eigenvalue weighted by Gasteiger charge is 2.35. The standard InChI is InChI=1S/C53H36N4O11/c1-23-24(2)42(59)45(62)37(41(23)58)38-43(60)35-36-40(48(65)50(67)49(66)44(36)61)57(39(35)47(64)46(38)63)29-16-9-15-27(21-29)28-19-20-32-31(22-28)34-30(17-10-18-33(34)68-32)53-55-51(25-11-5-3-6-12-25)54-52(56-53)26-13-7-4-8-14-26/h3-22,58-67H,1-2H3. The molecule has 0 unspecified atom stereocenters. The van der Waals surface area contributed by atoms with Crippen molar-refractivity contribution < 1.29 is 55.5 Å². The molecular weight excluding hydrogens is 869 g/mol. The molecule has 68 heavy (non-hydrogen) atoms. The highest BCUT2D eigenvalue weighted by molar-refractivity contribution is 6.22. The van der Waals surface area contributed by atoms with Crippen LogP contribution in [0.3, 0.4) is 0 Å². The minimum atomic E-state index is -1.17. The van der Waals surface area contributed by atoms with Crippen LogP contribution in [0.5, 0.6) is 57.5 Å². The van der Waals surface area contributed by atoms with E-state index in [1.807, 2.05) is 97.1 Å². The van der Waals surface area contributed by atoms with Crippen LogP contribution in [0.1, 0.15) is 11.1 Å². The summed E-state index contributed by atoms with van der Waals surface area (Å²) in [5.41, 5.74) is 2.68. The lowest BCUT2D eigenvalue weighted by atomic mass is 9.93. The smallest absolute Gasteiger partial charge is 0.206 e. The summed E-state index contributed by atoms with van der Waals surface area (Å²) in [7, 11) is 0. The van der Waals surface area contributed by atoms with Gasteiger partial charge in [-0.3, -0.25) is 0 Å². The molecule has 0 amide bonds. The second-order valence-electron chi connectivity index (χ2n) is 16.3. The first kappa shape index (κ1) is 41.1. The highest BCUT2D eigenvalue weighted by Crippen LogP contribution is 2.62. The normalized spacial score (nSPS) is 11.7. The van der Waals surface area contributed by atoms with Gasteiger partial charge >= 0.3 is 0 Å². The molecule has 8 aromatic carbocycles. The fraction of sp³-hybridized carbons (Fsp3) is 0.0377. The Morgan fingerprint density at radius 2 is 0.897 bits per heavy atom. The van der Waals surface area contributed by atoms with Crippen LogP contribution in [0.4, 0.5) is 0 Å². The van der Waals surface area contributed by atoms with Crippen molar-refractivity contribution in [3.8, 4) is 120 Å². The summed E-state index contributed by atoms with van der Waals surface area (Å²) in [4.78, 5) is 14.8. The van der Waals surface area contributed by atoms with Crippen molar-refractivity contribution in [2.45, 2.75) is 13.8 Å². The summed E-state index contributed by atoms with van der Waals surface area (Å²) in [5, 5.41) is 114. The lowest BCUT2D eigenvalue weighted by Gasteiger charge is -2.18. The van der Waals surface area contributed by atoms with Crippen LogP contribution >= 0.6 is 0 Å². The minimum Gasteiger partial charge on any atom is -0.507 e. The third-order valence-corrected chi connectivity index (χ3v) is 12.6. The minimum absolute atomic E-state index is 0.0638. The summed E-state index contributed by atoms with van der Waals surface area (Å²) < 4.78 is 7.53. The van der Waals surface area contributed by atoms with Crippen LogP contribution in [0.25, 0.3) is 106 Å². The Morgan fingerprint density at radius 1 is 0.382 bits per heavy atom. The molecule has 0 aliphatic carbocycles. The predicted molar refractivity (Wildman–Crippen MR) is 255 cm³/mol. The molecule has 0 saturated heterocycles. The molecule has 0 saturated carbocycles. The first-order chi connectivity index (χ1) is 32.7. The first-order valence-corrected chi connectivity index (χ1v) is 21.0. The Morgan fingerprint density at radius 3 is 1.56 bits per heavy atom. The molecule has 3 aromatic heterocycles. The van der Waals surface area contributed by atoms with Gasteiger partial charge in [0.1, 0.15) is 33.7 Å². The molecule has 0 spiro atoms. The Bertz CT molecular complexity index is 3850. The average Bonchev–Trinajstić information content (AvgIpc) is 3.94. The fourth-order valence-electron chi connectivity index (χ4n) is 9.03. The van der Waals surface area contributed by atoms with Gasteiger partial charge in [0.15, 0.2) is 52.0 Å². The molecule has 0 fully saturated rings. The second-order valence-corrected chi connectivity index (χ2v) is 16.3. The van der Waals surface area contributed by atoms with Gasteiger partial charge in [-0.2, -0.15) is 0 Å². The largest absolute Gasteiger partial charge is 0.507 e. The number of hydrogen-bond donors (Lipinski definition) is 10. The van der Waals surface area contributed by atoms with Crippen molar-refractivity contribution in [2.24, 2.45) is 0 Å². The van der Waals surface area contributed by atoms with Gasteiger partial charge in [0.25, 0.3) is 0 Å².